The average Bonchev–Trinajstić information content (AvgIpc) is 2.54. The van der Waals surface area contributed by atoms with Gasteiger partial charge in [-0.1, -0.05) is 6.07 Å². The molecule has 0 radical (unpaired) electrons. The minimum atomic E-state index is -0.00893. The van der Waals surface area contributed by atoms with E-state index in [1.165, 1.54) is 0 Å². The highest BCUT2D eigenvalue weighted by atomic mass is 16.5. The van der Waals surface area contributed by atoms with Crippen molar-refractivity contribution in [3.63, 3.8) is 0 Å². The highest BCUT2D eigenvalue weighted by Crippen LogP contribution is 2.23. The molecule has 1 aromatic carbocycles. The molecule has 1 aliphatic rings. The van der Waals surface area contributed by atoms with Crippen LogP contribution in [-0.4, -0.2) is 49.1 Å². The zero-order valence-electron chi connectivity index (χ0n) is 11.4. The Labute approximate surface area is 117 Å². The maximum absolute atomic E-state index is 12.6. The second-order valence-corrected chi connectivity index (χ2v) is 4.79. The summed E-state index contributed by atoms with van der Waals surface area (Å²) in [6.07, 6.45) is 1.68. The summed E-state index contributed by atoms with van der Waals surface area (Å²) < 4.78 is 5.24. The summed E-state index contributed by atoms with van der Waals surface area (Å²) in [6, 6.07) is 7.62. The number of hydrogen-bond donors (Lipinski definition) is 1. The molecule has 0 saturated carbocycles. The fourth-order valence-corrected chi connectivity index (χ4v) is 2.46. The van der Waals surface area contributed by atoms with Crippen molar-refractivity contribution in [2.24, 2.45) is 0 Å². The summed E-state index contributed by atoms with van der Waals surface area (Å²) in [5.74, 6) is 0.727. The number of fused-ring (bicyclic) bond motifs is 1. The van der Waals surface area contributed by atoms with Crippen molar-refractivity contribution in [3.8, 4) is 5.75 Å². The van der Waals surface area contributed by atoms with Crippen molar-refractivity contribution in [2.75, 3.05) is 33.3 Å². The van der Waals surface area contributed by atoms with Crippen molar-refractivity contribution in [3.05, 3.63) is 36.2 Å². The molecule has 0 atom stereocenters. The van der Waals surface area contributed by atoms with Crippen molar-refractivity contribution in [1.82, 2.24) is 15.2 Å². The molecule has 5 heteroatoms. The highest BCUT2D eigenvalue weighted by Gasteiger charge is 2.21. The van der Waals surface area contributed by atoms with Crippen LogP contribution in [0, 0.1) is 0 Å². The van der Waals surface area contributed by atoms with Gasteiger partial charge in [-0.05, 0) is 23.6 Å². The van der Waals surface area contributed by atoms with E-state index in [0.29, 0.717) is 5.69 Å². The van der Waals surface area contributed by atoms with Crippen LogP contribution in [0.4, 0.5) is 0 Å². The van der Waals surface area contributed by atoms with Gasteiger partial charge in [0, 0.05) is 37.8 Å². The van der Waals surface area contributed by atoms with Crippen LogP contribution in [-0.2, 0) is 0 Å². The number of methoxy groups -OCH3 is 1. The Balaban J connectivity index is 2.03. The number of benzene rings is 1. The number of pyridine rings is 1. The average molecular weight is 271 g/mol. The lowest BCUT2D eigenvalue weighted by atomic mass is 10.1. The standard InChI is InChI=1S/C15H17N3O2/c1-20-12-3-2-11-4-5-17-14(13(11)10-12)15(19)18-8-6-16-7-9-18/h2-5,10,16H,6-9H2,1H3. The lowest BCUT2D eigenvalue weighted by Crippen LogP contribution is -2.46. The van der Waals surface area contributed by atoms with Gasteiger partial charge < -0.3 is 15.0 Å². The normalized spacial score (nSPS) is 15.3. The lowest BCUT2D eigenvalue weighted by Gasteiger charge is -2.27. The van der Waals surface area contributed by atoms with Gasteiger partial charge in [-0.2, -0.15) is 0 Å². The third-order valence-electron chi connectivity index (χ3n) is 3.58. The number of ether oxygens (including phenoxy) is 1. The molecule has 2 heterocycles. The van der Waals surface area contributed by atoms with Crippen LogP contribution in [0.1, 0.15) is 10.5 Å². The number of rotatable bonds is 2. The van der Waals surface area contributed by atoms with Crippen molar-refractivity contribution in [1.29, 1.82) is 0 Å². The van der Waals surface area contributed by atoms with E-state index in [9.17, 15) is 4.79 Å². The molecule has 1 fully saturated rings. The first-order valence-electron chi connectivity index (χ1n) is 6.72. The minimum absolute atomic E-state index is 0.00893. The molecule has 0 unspecified atom stereocenters. The molecule has 1 N–H and O–H groups in total. The zero-order chi connectivity index (χ0) is 13.9. The second-order valence-electron chi connectivity index (χ2n) is 4.79. The zero-order valence-corrected chi connectivity index (χ0v) is 11.4. The fraction of sp³-hybridized carbons (Fsp3) is 0.333. The van der Waals surface area contributed by atoms with Gasteiger partial charge in [-0.3, -0.25) is 9.78 Å². The maximum atomic E-state index is 12.6. The summed E-state index contributed by atoms with van der Waals surface area (Å²) in [6.45, 7) is 3.11. The predicted octanol–water partition coefficient (Wildman–Crippen LogP) is 1.29. The number of nitrogens with one attached hydrogen (secondary N) is 1. The first kappa shape index (κ1) is 12.9. The SMILES string of the molecule is COc1ccc2ccnc(C(=O)N3CCNCC3)c2c1. The van der Waals surface area contributed by atoms with E-state index in [0.717, 1.165) is 42.7 Å². The Hall–Kier alpha value is -2.14. The summed E-state index contributed by atoms with van der Waals surface area (Å²) in [4.78, 5) is 18.7. The molecular formula is C15H17N3O2. The Morgan fingerprint density at radius 3 is 2.85 bits per heavy atom. The van der Waals surface area contributed by atoms with Gasteiger partial charge in [0.05, 0.1) is 7.11 Å². The van der Waals surface area contributed by atoms with Gasteiger partial charge in [0.2, 0.25) is 0 Å². The first-order valence-corrected chi connectivity index (χ1v) is 6.72. The number of carbonyl (C=O) groups excluding carboxylic acids is 1. The van der Waals surface area contributed by atoms with Crippen LogP contribution in [0.25, 0.3) is 10.8 Å². The van der Waals surface area contributed by atoms with Gasteiger partial charge in [-0.15, -0.1) is 0 Å². The number of aromatic nitrogens is 1. The van der Waals surface area contributed by atoms with E-state index in [-0.39, 0.29) is 5.91 Å². The molecular weight excluding hydrogens is 254 g/mol. The highest BCUT2D eigenvalue weighted by molar-refractivity contribution is 6.05. The number of nitrogens with zero attached hydrogens (tertiary/aromatic N) is 2. The predicted molar refractivity (Wildman–Crippen MR) is 77.1 cm³/mol. The van der Waals surface area contributed by atoms with Crippen LogP contribution >= 0.6 is 0 Å². The quantitative estimate of drug-likeness (QED) is 0.894. The molecule has 1 aromatic heterocycles. The number of hydrogen-bond acceptors (Lipinski definition) is 4. The van der Waals surface area contributed by atoms with Crippen molar-refractivity contribution < 1.29 is 9.53 Å². The number of carbonyl (C=O) groups is 1. The largest absolute Gasteiger partial charge is 0.497 e. The summed E-state index contributed by atoms with van der Waals surface area (Å²) >= 11 is 0. The van der Waals surface area contributed by atoms with E-state index in [4.69, 9.17) is 4.74 Å². The van der Waals surface area contributed by atoms with E-state index < -0.39 is 0 Å². The van der Waals surface area contributed by atoms with E-state index in [1.54, 1.807) is 13.3 Å². The van der Waals surface area contributed by atoms with Gasteiger partial charge in [0.15, 0.2) is 0 Å². The fourth-order valence-electron chi connectivity index (χ4n) is 2.46. The van der Waals surface area contributed by atoms with Gasteiger partial charge in [0.25, 0.3) is 5.91 Å². The molecule has 2 aromatic rings. The van der Waals surface area contributed by atoms with Gasteiger partial charge >= 0.3 is 0 Å². The molecule has 20 heavy (non-hydrogen) atoms. The lowest BCUT2D eigenvalue weighted by molar-refractivity contribution is 0.0732. The molecule has 0 spiro atoms. The molecule has 1 saturated heterocycles. The summed E-state index contributed by atoms with van der Waals surface area (Å²) in [5, 5.41) is 5.08. The number of piperazine rings is 1. The van der Waals surface area contributed by atoms with Crippen LogP contribution in [0.3, 0.4) is 0 Å². The summed E-state index contributed by atoms with van der Waals surface area (Å²) in [7, 11) is 1.62. The molecule has 1 amide bonds. The first-order chi connectivity index (χ1) is 9.79. The minimum Gasteiger partial charge on any atom is -0.497 e. The molecule has 5 nitrogen and oxygen atoms in total. The smallest absolute Gasteiger partial charge is 0.273 e. The van der Waals surface area contributed by atoms with Crippen LogP contribution in [0.5, 0.6) is 5.75 Å². The molecule has 0 bridgehead atoms. The Kier molecular flexibility index (Phi) is 3.52. The summed E-state index contributed by atoms with van der Waals surface area (Å²) in [5.41, 5.74) is 0.503. The van der Waals surface area contributed by atoms with Crippen molar-refractivity contribution >= 4 is 16.7 Å². The third-order valence-corrected chi connectivity index (χ3v) is 3.58. The molecule has 0 aliphatic carbocycles. The van der Waals surface area contributed by atoms with Crippen molar-refractivity contribution in [2.45, 2.75) is 0 Å². The van der Waals surface area contributed by atoms with Crippen LogP contribution in [0.2, 0.25) is 0 Å². The Morgan fingerprint density at radius 1 is 1.30 bits per heavy atom. The topological polar surface area (TPSA) is 54.5 Å². The molecule has 1 aliphatic heterocycles. The Bertz CT molecular complexity index is 636. The molecule has 3 rings (SSSR count). The molecule has 104 valence electrons. The number of amides is 1. The van der Waals surface area contributed by atoms with E-state index >= 15 is 0 Å². The van der Waals surface area contributed by atoms with Gasteiger partial charge in [0.1, 0.15) is 11.4 Å². The van der Waals surface area contributed by atoms with Crippen LogP contribution in [0.15, 0.2) is 30.5 Å². The maximum Gasteiger partial charge on any atom is 0.273 e. The van der Waals surface area contributed by atoms with Gasteiger partial charge in [-0.25, -0.2) is 0 Å². The van der Waals surface area contributed by atoms with Crippen LogP contribution < -0.4 is 10.1 Å². The Morgan fingerprint density at radius 2 is 2.10 bits per heavy atom. The van der Waals surface area contributed by atoms with E-state index in [1.807, 2.05) is 29.2 Å². The third kappa shape index (κ3) is 2.32. The van der Waals surface area contributed by atoms with E-state index in [2.05, 4.69) is 10.3 Å². The second kappa shape index (κ2) is 5.46. The monoisotopic (exact) mass is 271 g/mol.